The molecule has 1 aliphatic carbocycles. The third-order valence-corrected chi connectivity index (χ3v) is 3.71. The lowest BCUT2D eigenvalue weighted by Gasteiger charge is -2.33. The Bertz CT molecular complexity index is 233. The molecule has 1 fully saturated rings. The van der Waals surface area contributed by atoms with Crippen LogP contribution in [0.25, 0.3) is 0 Å². The third kappa shape index (κ3) is 3.46. The van der Waals surface area contributed by atoms with Gasteiger partial charge in [0.2, 0.25) is 0 Å². The largest absolute Gasteiger partial charge is 0.365 e. The van der Waals surface area contributed by atoms with Crippen molar-refractivity contribution in [2.75, 3.05) is 0 Å². The fraction of sp³-hybridized carbons (Fsp3) is 0.917. The van der Waals surface area contributed by atoms with Crippen molar-refractivity contribution in [1.82, 2.24) is 5.43 Å². The summed E-state index contributed by atoms with van der Waals surface area (Å²) in [7, 11) is 0. The van der Waals surface area contributed by atoms with E-state index in [1.807, 2.05) is 6.92 Å². The maximum Gasteiger partial charge on any atom is 0.262 e. The minimum absolute atomic E-state index is 0.214. The number of rotatable bonds is 4. The number of hydrazine groups is 1. The normalized spacial score (nSPS) is 32.1. The summed E-state index contributed by atoms with van der Waals surface area (Å²) >= 11 is 0. The fourth-order valence-corrected chi connectivity index (χ4v) is 2.29. The molecule has 4 heteroatoms. The number of nitrogens with one attached hydrogen (secondary N) is 1. The molecule has 0 aliphatic heterocycles. The fourth-order valence-electron chi connectivity index (χ4n) is 2.29. The Kier molecular flexibility index (Phi) is 5.22. The molecule has 16 heavy (non-hydrogen) atoms. The van der Waals surface area contributed by atoms with E-state index in [0.717, 1.165) is 18.8 Å². The van der Waals surface area contributed by atoms with Crippen LogP contribution in [0, 0.1) is 11.8 Å². The maximum atomic E-state index is 11.4. The Morgan fingerprint density at radius 2 is 2.12 bits per heavy atom. The first kappa shape index (κ1) is 13.5. The van der Waals surface area contributed by atoms with Crippen molar-refractivity contribution in [2.45, 2.75) is 58.7 Å². The highest BCUT2D eigenvalue weighted by Gasteiger charge is 2.28. The van der Waals surface area contributed by atoms with Crippen LogP contribution in [0.1, 0.15) is 46.5 Å². The summed E-state index contributed by atoms with van der Waals surface area (Å²) in [5.74, 6) is 6.35. The van der Waals surface area contributed by atoms with Gasteiger partial charge in [0.15, 0.2) is 0 Å². The molecule has 0 bridgehead atoms. The van der Waals surface area contributed by atoms with E-state index in [-0.39, 0.29) is 12.0 Å². The van der Waals surface area contributed by atoms with E-state index in [1.165, 1.54) is 6.42 Å². The highest BCUT2D eigenvalue weighted by molar-refractivity contribution is 5.80. The second kappa shape index (κ2) is 6.21. The van der Waals surface area contributed by atoms with Crippen molar-refractivity contribution in [1.29, 1.82) is 0 Å². The van der Waals surface area contributed by atoms with E-state index in [2.05, 4.69) is 19.3 Å². The van der Waals surface area contributed by atoms with Gasteiger partial charge in [-0.2, -0.15) is 0 Å². The van der Waals surface area contributed by atoms with Crippen molar-refractivity contribution in [3.05, 3.63) is 0 Å². The van der Waals surface area contributed by atoms with Gasteiger partial charge in [-0.3, -0.25) is 10.2 Å². The minimum atomic E-state index is -0.393. The first-order valence-corrected chi connectivity index (χ1v) is 6.24. The highest BCUT2D eigenvalue weighted by atomic mass is 16.5. The first-order chi connectivity index (χ1) is 7.58. The summed E-state index contributed by atoms with van der Waals surface area (Å²) in [5.41, 5.74) is 2.16. The van der Waals surface area contributed by atoms with Crippen LogP contribution >= 0.6 is 0 Å². The molecule has 1 rings (SSSR count). The van der Waals surface area contributed by atoms with Gasteiger partial charge in [0, 0.05) is 0 Å². The van der Waals surface area contributed by atoms with Crippen molar-refractivity contribution >= 4 is 5.91 Å². The molecule has 1 amide bonds. The minimum Gasteiger partial charge on any atom is -0.365 e. The van der Waals surface area contributed by atoms with Gasteiger partial charge in [-0.1, -0.05) is 20.8 Å². The molecular formula is C12H24N2O2. The second-order valence-corrected chi connectivity index (χ2v) is 4.93. The van der Waals surface area contributed by atoms with Crippen LogP contribution in [-0.4, -0.2) is 18.1 Å². The summed E-state index contributed by atoms with van der Waals surface area (Å²) in [5, 5.41) is 0. The zero-order chi connectivity index (χ0) is 12.1. The molecule has 3 N–H and O–H groups in total. The number of nitrogens with two attached hydrogens (primary N) is 1. The van der Waals surface area contributed by atoms with Crippen LogP contribution in [0.4, 0.5) is 0 Å². The van der Waals surface area contributed by atoms with E-state index in [1.54, 1.807) is 0 Å². The maximum absolute atomic E-state index is 11.4. The Labute approximate surface area is 97.9 Å². The molecule has 0 heterocycles. The SMILES string of the molecule is CCC(OC1CCC(C)C(C)C1)C(=O)NN. The average molecular weight is 228 g/mol. The average Bonchev–Trinajstić information content (AvgIpc) is 2.29. The Hall–Kier alpha value is -0.610. The Balaban J connectivity index is 2.44. The summed E-state index contributed by atoms with van der Waals surface area (Å²) in [6.07, 6.45) is 3.79. The van der Waals surface area contributed by atoms with Gasteiger partial charge >= 0.3 is 0 Å². The smallest absolute Gasteiger partial charge is 0.262 e. The molecule has 4 atom stereocenters. The second-order valence-electron chi connectivity index (χ2n) is 4.93. The van der Waals surface area contributed by atoms with Crippen LogP contribution in [-0.2, 0) is 9.53 Å². The molecule has 0 spiro atoms. The predicted molar refractivity (Wildman–Crippen MR) is 63.5 cm³/mol. The lowest BCUT2D eigenvalue weighted by molar-refractivity contribution is -0.139. The molecular weight excluding hydrogens is 204 g/mol. The lowest BCUT2D eigenvalue weighted by Crippen LogP contribution is -2.42. The van der Waals surface area contributed by atoms with Gasteiger partial charge in [-0.15, -0.1) is 0 Å². The van der Waals surface area contributed by atoms with Crippen LogP contribution in [0.15, 0.2) is 0 Å². The van der Waals surface area contributed by atoms with Crippen molar-refractivity contribution < 1.29 is 9.53 Å². The summed E-state index contributed by atoms with van der Waals surface area (Å²) in [4.78, 5) is 11.4. The van der Waals surface area contributed by atoms with E-state index < -0.39 is 6.10 Å². The molecule has 0 radical (unpaired) electrons. The van der Waals surface area contributed by atoms with Gasteiger partial charge in [0.1, 0.15) is 6.10 Å². The molecule has 1 saturated carbocycles. The lowest BCUT2D eigenvalue weighted by atomic mass is 9.80. The third-order valence-electron chi connectivity index (χ3n) is 3.71. The van der Waals surface area contributed by atoms with Gasteiger partial charge < -0.3 is 4.74 Å². The van der Waals surface area contributed by atoms with E-state index in [0.29, 0.717) is 12.3 Å². The number of ether oxygens (including phenoxy) is 1. The molecule has 1 aliphatic rings. The van der Waals surface area contributed by atoms with E-state index in [4.69, 9.17) is 10.6 Å². The molecule has 0 aromatic carbocycles. The van der Waals surface area contributed by atoms with Crippen LogP contribution in [0.2, 0.25) is 0 Å². The Morgan fingerprint density at radius 1 is 1.44 bits per heavy atom. The number of hydrogen-bond acceptors (Lipinski definition) is 3. The number of carbonyl (C=O) groups is 1. The van der Waals surface area contributed by atoms with E-state index >= 15 is 0 Å². The molecule has 0 saturated heterocycles. The van der Waals surface area contributed by atoms with E-state index in [9.17, 15) is 4.79 Å². The molecule has 0 aromatic heterocycles. The van der Waals surface area contributed by atoms with Gasteiger partial charge in [0.25, 0.3) is 5.91 Å². The van der Waals surface area contributed by atoms with Crippen LogP contribution in [0.3, 0.4) is 0 Å². The quantitative estimate of drug-likeness (QED) is 0.436. The predicted octanol–water partition coefficient (Wildman–Crippen LogP) is 1.60. The number of amides is 1. The van der Waals surface area contributed by atoms with Crippen LogP contribution < -0.4 is 11.3 Å². The standard InChI is InChI=1S/C12H24N2O2/c1-4-11(12(15)14-13)16-10-6-5-8(2)9(3)7-10/h8-11H,4-7,13H2,1-3H3,(H,14,15). The zero-order valence-electron chi connectivity index (χ0n) is 10.5. The molecule has 4 unspecified atom stereocenters. The molecule has 4 nitrogen and oxygen atoms in total. The number of carbonyl (C=O) groups excluding carboxylic acids is 1. The monoisotopic (exact) mass is 228 g/mol. The first-order valence-electron chi connectivity index (χ1n) is 6.24. The molecule has 0 aromatic rings. The Morgan fingerprint density at radius 3 is 2.62 bits per heavy atom. The molecule has 94 valence electrons. The van der Waals surface area contributed by atoms with Crippen LogP contribution in [0.5, 0.6) is 0 Å². The summed E-state index contributed by atoms with van der Waals surface area (Å²) in [6, 6.07) is 0. The highest BCUT2D eigenvalue weighted by Crippen LogP contribution is 2.31. The number of hydrogen-bond donors (Lipinski definition) is 2. The van der Waals surface area contributed by atoms with Crippen molar-refractivity contribution in [3.63, 3.8) is 0 Å². The summed E-state index contributed by atoms with van der Waals surface area (Å²) in [6.45, 7) is 6.48. The van der Waals surface area contributed by atoms with Gasteiger partial charge in [-0.25, -0.2) is 5.84 Å². The van der Waals surface area contributed by atoms with Gasteiger partial charge in [-0.05, 0) is 37.5 Å². The van der Waals surface area contributed by atoms with Crippen molar-refractivity contribution in [2.24, 2.45) is 17.7 Å². The topological polar surface area (TPSA) is 64.3 Å². The van der Waals surface area contributed by atoms with Crippen molar-refractivity contribution in [3.8, 4) is 0 Å². The zero-order valence-corrected chi connectivity index (χ0v) is 10.5. The summed E-state index contributed by atoms with van der Waals surface area (Å²) < 4.78 is 5.82. The van der Waals surface area contributed by atoms with Gasteiger partial charge in [0.05, 0.1) is 6.10 Å².